The normalized spacial score (nSPS) is 12.2. The SMILES string of the molecule is CCC(C)c1ccc(Oc2cc(CN)cc(C)n2)cc1. The first-order valence-corrected chi connectivity index (χ1v) is 7.07. The fourth-order valence-electron chi connectivity index (χ4n) is 2.10. The molecule has 0 aliphatic heterocycles. The van der Waals surface area contributed by atoms with Gasteiger partial charge in [-0.15, -0.1) is 0 Å². The van der Waals surface area contributed by atoms with Gasteiger partial charge in [-0.3, -0.25) is 0 Å². The van der Waals surface area contributed by atoms with E-state index in [0.29, 0.717) is 18.3 Å². The Labute approximate surface area is 120 Å². The number of pyridine rings is 1. The van der Waals surface area contributed by atoms with Gasteiger partial charge in [0.15, 0.2) is 0 Å². The lowest BCUT2D eigenvalue weighted by molar-refractivity contribution is 0.460. The summed E-state index contributed by atoms with van der Waals surface area (Å²) in [4.78, 5) is 4.37. The third kappa shape index (κ3) is 3.58. The molecule has 3 heteroatoms. The minimum absolute atomic E-state index is 0.493. The lowest BCUT2D eigenvalue weighted by atomic mass is 9.99. The Morgan fingerprint density at radius 1 is 1.20 bits per heavy atom. The number of hydrogen-bond donors (Lipinski definition) is 1. The van der Waals surface area contributed by atoms with Gasteiger partial charge in [-0.25, -0.2) is 4.98 Å². The molecule has 0 bridgehead atoms. The minimum Gasteiger partial charge on any atom is -0.439 e. The minimum atomic E-state index is 0.493. The van der Waals surface area contributed by atoms with Gasteiger partial charge >= 0.3 is 0 Å². The molecule has 2 rings (SSSR count). The average molecular weight is 270 g/mol. The number of aryl methyl sites for hydroxylation is 1. The van der Waals surface area contributed by atoms with E-state index in [1.807, 2.05) is 31.2 Å². The van der Waals surface area contributed by atoms with Crippen molar-refractivity contribution in [2.24, 2.45) is 5.73 Å². The van der Waals surface area contributed by atoms with Gasteiger partial charge in [-0.2, -0.15) is 0 Å². The molecule has 0 spiro atoms. The van der Waals surface area contributed by atoms with Gasteiger partial charge in [-0.05, 0) is 48.6 Å². The molecule has 0 aliphatic rings. The molecular weight excluding hydrogens is 248 g/mol. The molecule has 0 saturated heterocycles. The second-order valence-corrected chi connectivity index (χ2v) is 5.14. The first-order valence-electron chi connectivity index (χ1n) is 7.07. The van der Waals surface area contributed by atoms with Crippen LogP contribution in [0.2, 0.25) is 0 Å². The van der Waals surface area contributed by atoms with E-state index in [2.05, 4.69) is 31.0 Å². The lowest BCUT2D eigenvalue weighted by Crippen LogP contribution is -1.99. The Balaban J connectivity index is 2.15. The van der Waals surface area contributed by atoms with Crippen LogP contribution in [0.15, 0.2) is 36.4 Å². The van der Waals surface area contributed by atoms with Crippen LogP contribution >= 0.6 is 0 Å². The quantitative estimate of drug-likeness (QED) is 0.887. The van der Waals surface area contributed by atoms with Crippen molar-refractivity contribution in [3.63, 3.8) is 0 Å². The fraction of sp³-hybridized carbons (Fsp3) is 0.353. The number of rotatable bonds is 5. The number of aromatic nitrogens is 1. The molecule has 1 atom stereocenters. The first kappa shape index (κ1) is 14.5. The van der Waals surface area contributed by atoms with Crippen LogP contribution in [0.1, 0.15) is 43.0 Å². The number of hydrogen-bond acceptors (Lipinski definition) is 3. The number of benzene rings is 1. The highest BCUT2D eigenvalue weighted by Gasteiger charge is 2.05. The monoisotopic (exact) mass is 270 g/mol. The zero-order valence-corrected chi connectivity index (χ0v) is 12.4. The van der Waals surface area contributed by atoms with Crippen LogP contribution in [0.4, 0.5) is 0 Å². The predicted octanol–water partition coefficient (Wildman–Crippen LogP) is 4.15. The summed E-state index contributed by atoms with van der Waals surface area (Å²) in [6.45, 7) is 6.86. The van der Waals surface area contributed by atoms with E-state index >= 15 is 0 Å². The molecule has 2 aromatic rings. The molecule has 1 aromatic heterocycles. The molecule has 0 saturated carbocycles. The maximum Gasteiger partial charge on any atom is 0.219 e. The first-order chi connectivity index (χ1) is 9.62. The summed E-state index contributed by atoms with van der Waals surface area (Å²) >= 11 is 0. The van der Waals surface area contributed by atoms with Crippen LogP contribution in [-0.4, -0.2) is 4.98 Å². The summed E-state index contributed by atoms with van der Waals surface area (Å²) < 4.78 is 5.80. The molecule has 106 valence electrons. The van der Waals surface area contributed by atoms with Crippen LogP contribution in [0, 0.1) is 6.92 Å². The Morgan fingerprint density at radius 2 is 1.90 bits per heavy atom. The Bertz CT molecular complexity index is 564. The molecule has 3 nitrogen and oxygen atoms in total. The highest BCUT2D eigenvalue weighted by Crippen LogP contribution is 2.25. The van der Waals surface area contributed by atoms with Crippen molar-refractivity contribution in [3.05, 3.63) is 53.2 Å². The van der Waals surface area contributed by atoms with Crippen LogP contribution in [0.3, 0.4) is 0 Å². The van der Waals surface area contributed by atoms with Gasteiger partial charge in [-0.1, -0.05) is 26.0 Å². The van der Waals surface area contributed by atoms with E-state index in [9.17, 15) is 0 Å². The average Bonchev–Trinajstić information content (AvgIpc) is 2.46. The molecule has 1 unspecified atom stereocenters. The molecule has 20 heavy (non-hydrogen) atoms. The number of nitrogens with two attached hydrogens (primary N) is 1. The highest BCUT2D eigenvalue weighted by atomic mass is 16.5. The van der Waals surface area contributed by atoms with Crippen molar-refractivity contribution >= 4 is 0 Å². The summed E-state index contributed by atoms with van der Waals surface area (Å²) in [6, 6.07) is 12.1. The predicted molar refractivity (Wildman–Crippen MR) is 82.1 cm³/mol. The van der Waals surface area contributed by atoms with Crippen molar-refractivity contribution < 1.29 is 4.74 Å². The number of ether oxygens (including phenoxy) is 1. The standard InChI is InChI=1S/C17H22N2O/c1-4-12(2)15-5-7-16(8-6-15)20-17-10-14(11-18)9-13(3)19-17/h5-10,12H,4,11,18H2,1-3H3. The van der Waals surface area contributed by atoms with E-state index < -0.39 is 0 Å². The van der Waals surface area contributed by atoms with Crippen LogP contribution in [0.25, 0.3) is 0 Å². The second kappa shape index (κ2) is 6.53. The third-order valence-corrected chi connectivity index (χ3v) is 3.51. The van der Waals surface area contributed by atoms with Crippen molar-refractivity contribution in [1.29, 1.82) is 0 Å². The molecule has 1 aromatic carbocycles. The zero-order chi connectivity index (χ0) is 14.5. The lowest BCUT2D eigenvalue weighted by Gasteiger charge is -2.11. The van der Waals surface area contributed by atoms with Gasteiger partial charge in [0.05, 0.1) is 0 Å². The Hall–Kier alpha value is -1.87. The molecule has 0 fully saturated rings. The van der Waals surface area contributed by atoms with Crippen molar-refractivity contribution in [3.8, 4) is 11.6 Å². The maximum absolute atomic E-state index is 5.80. The molecule has 0 amide bonds. The van der Waals surface area contributed by atoms with E-state index in [0.717, 1.165) is 23.4 Å². The van der Waals surface area contributed by atoms with Crippen molar-refractivity contribution in [2.45, 2.75) is 39.7 Å². The van der Waals surface area contributed by atoms with Crippen molar-refractivity contribution in [1.82, 2.24) is 4.98 Å². The summed E-state index contributed by atoms with van der Waals surface area (Å²) in [6.07, 6.45) is 1.14. The van der Waals surface area contributed by atoms with Gasteiger partial charge < -0.3 is 10.5 Å². The smallest absolute Gasteiger partial charge is 0.219 e. The van der Waals surface area contributed by atoms with E-state index in [1.165, 1.54) is 5.56 Å². The maximum atomic E-state index is 5.80. The van der Waals surface area contributed by atoms with Gasteiger partial charge in [0.25, 0.3) is 0 Å². The molecule has 1 heterocycles. The third-order valence-electron chi connectivity index (χ3n) is 3.51. The van der Waals surface area contributed by atoms with Gasteiger partial charge in [0, 0.05) is 18.3 Å². The van der Waals surface area contributed by atoms with E-state index in [4.69, 9.17) is 10.5 Å². The summed E-state index contributed by atoms with van der Waals surface area (Å²) in [7, 11) is 0. The van der Waals surface area contributed by atoms with E-state index in [-0.39, 0.29) is 0 Å². The zero-order valence-electron chi connectivity index (χ0n) is 12.4. The van der Waals surface area contributed by atoms with Gasteiger partial charge in [0.2, 0.25) is 5.88 Å². The van der Waals surface area contributed by atoms with E-state index in [1.54, 1.807) is 0 Å². The van der Waals surface area contributed by atoms with Crippen LogP contribution < -0.4 is 10.5 Å². The molecule has 0 aliphatic carbocycles. The van der Waals surface area contributed by atoms with Crippen LogP contribution in [0.5, 0.6) is 11.6 Å². The molecular formula is C17H22N2O. The highest BCUT2D eigenvalue weighted by molar-refractivity contribution is 5.33. The van der Waals surface area contributed by atoms with Crippen molar-refractivity contribution in [2.75, 3.05) is 0 Å². The summed E-state index contributed by atoms with van der Waals surface area (Å²) in [5, 5.41) is 0. The molecule has 0 radical (unpaired) electrons. The van der Waals surface area contributed by atoms with Gasteiger partial charge in [0.1, 0.15) is 5.75 Å². The largest absolute Gasteiger partial charge is 0.439 e. The summed E-state index contributed by atoms with van der Waals surface area (Å²) in [5.41, 5.74) is 8.95. The fourth-order valence-corrected chi connectivity index (χ4v) is 2.10. The Morgan fingerprint density at radius 3 is 2.50 bits per heavy atom. The topological polar surface area (TPSA) is 48.1 Å². The summed E-state index contributed by atoms with van der Waals surface area (Å²) in [5.74, 6) is 1.98. The second-order valence-electron chi connectivity index (χ2n) is 5.14. The van der Waals surface area contributed by atoms with Crippen LogP contribution in [-0.2, 0) is 6.54 Å². The Kier molecular flexibility index (Phi) is 4.74. The molecule has 2 N–H and O–H groups in total. The number of nitrogens with zero attached hydrogens (tertiary/aromatic N) is 1.